The third kappa shape index (κ3) is 4.16. The first-order valence-corrected chi connectivity index (χ1v) is 12.4. The molecule has 2 aliphatic heterocycles. The monoisotopic (exact) mass is 475 g/mol. The summed E-state index contributed by atoms with van der Waals surface area (Å²) in [6, 6.07) is 14.2. The number of thiocarbonyl (C=S) groups is 1. The number of fused-ring (bicyclic) bond motifs is 1. The van der Waals surface area contributed by atoms with E-state index in [0.29, 0.717) is 17.6 Å². The summed E-state index contributed by atoms with van der Waals surface area (Å²) >= 11 is 5.38. The highest BCUT2D eigenvalue weighted by Gasteiger charge is 2.38. The number of hydrogen-bond donors (Lipinski definition) is 1. The van der Waals surface area contributed by atoms with E-state index in [1.807, 2.05) is 37.3 Å². The smallest absolute Gasteiger partial charge is 0.270 e. The summed E-state index contributed by atoms with van der Waals surface area (Å²) in [6.45, 7) is 13.3. The number of carbonyl (C=O) groups is 2. The molecule has 0 aromatic heterocycles. The van der Waals surface area contributed by atoms with E-state index in [1.54, 1.807) is 6.08 Å². The molecule has 0 aliphatic carbocycles. The third-order valence-corrected chi connectivity index (χ3v) is 7.13. The molecular formula is C28H33N3O2S. The van der Waals surface area contributed by atoms with Gasteiger partial charge in [-0.15, -0.1) is 0 Å². The number of para-hydroxylation sites is 1. The standard InChI is InChI=1S/C28H33N3O2S/c1-7-20-10-8-9-11-23(20)30-26(33)22(25(32)29-27(30)34)15-19-12-13-24-21(14-19)18(4)16-28(5,6)31(24)17(2)3/h8-15,17-18H,7,16H2,1-6H3,(H,29,32,34)/b22-15+/t18-/m1/s1. The molecule has 2 aromatic carbocycles. The molecule has 2 aromatic rings. The summed E-state index contributed by atoms with van der Waals surface area (Å²) in [5, 5.41) is 2.82. The van der Waals surface area contributed by atoms with Gasteiger partial charge in [0.25, 0.3) is 11.8 Å². The summed E-state index contributed by atoms with van der Waals surface area (Å²) in [7, 11) is 0. The van der Waals surface area contributed by atoms with Gasteiger partial charge in [-0.3, -0.25) is 19.8 Å². The maximum absolute atomic E-state index is 13.5. The van der Waals surface area contributed by atoms with Crippen LogP contribution in [0, 0.1) is 0 Å². The van der Waals surface area contributed by atoms with Crippen LogP contribution in [0.4, 0.5) is 11.4 Å². The second-order valence-electron chi connectivity index (χ2n) is 10.1. The van der Waals surface area contributed by atoms with Crippen molar-refractivity contribution in [3.05, 3.63) is 64.7 Å². The minimum Gasteiger partial charge on any atom is -0.364 e. The van der Waals surface area contributed by atoms with Gasteiger partial charge in [-0.05, 0) is 99.6 Å². The van der Waals surface area contributed by atoms with Gasteiger partial charge in [-0.1, -0.05) is 38.1 Å². The van der Waals surface area contributed by atoms with Crippen molar-refractivity contribution in [1.29, 1.82) is 0 Å². The number of anilines is 2. The number of benzene rings is 2. The number of nitrogens with zero attached hydrogens (tertiary/aromatic N) is 2. The van der Waals surface area contributed by atoms with Gasteiger partial charge < -0.3 is 4.90 Å². The Morgan fingerprint density at radius 3 is 2.53 bits per heavy atom. The largest absolute Gasteiger partial charge is 0.364 e. The highest BCUT2D eigenvalue weighted by Crippen LogP contribution is 2.44. The minimum absolute atomic E-state index is 0.0582. The molecule has 1 atom stereocenters. The number of carbonyl (C=O) groups excluding carboxylic acids is 2. The average Bonchev–Trinajstić information content (AvgIpc) is 2.76. The van der Waals surface area contributed by atoms with E-state index in [-0.39, 0.29) is 16.2 Å². The summed E-state index contributed by atoms with van der Waals surface area (Å²) in [5.41, 5.74) is 5.15. The molecule has 1 N–H and O–H groups in total. The van der Waals surface area contributed by atoms with Gasteiger partial charge in [0.15, 0.2) is 5.11 Å². The number of rotatable bonds is 4. The molecule has 4 rings (SSSR count). The second-order valence-corrected chi connectivity index (χ2v) is 10.5. The molecule has 2 heterocycles. The topological polar surface area (TPSA) is 52.7 Å². The number of nitrogens with one attached hydrogen (secondary N) is 1. The molecule has 0 radical (unpaired) electrons. The van der Waals surface area contributed by atoms with Gasteiger partial charge in [-0.2, -0.15) is 0 Å². The van der Waals surface area contributed by atoms with Crippen molar-refractivity contribution in [3.8, 4) is 0 Å². The Labute approximate surface area is 207 Å². The average molecular weight is 476 g/mol. The molecular weight excluding hydrogens is 442 g/mol. The predicted molar refractivity (Wildman–Crippen MR) is 143 cm³/mol. The zero-order chi connectivity index (χ0) is 24.8. The van der Waals surface area contributed by atoms with Crippen LogP contribution in [-0.2, 0) is 16.0 Å². The third-order valence-electron chi connectivity index (χ3n) is 6.84. The lowest BCUT2D eigenvalue weighted by Gasteiger charge is -2.50. The van der Waals surface area contributed by atoms with Crippen molar-refractivity contribution < 1.29 is 9.59 Å². The zero-order valence-electron chi connectivity index (χ0n) is 20.8. The zero-order valence-corrected chi connectivity index (χ0v) is 21.6. The van der Waals surface area contributed by atoms with Crippen molar-refractivity contribution in [1.82, 2.24) is 5.32 Å². The predicted octanol–water partition coefficient (Wildman–Crippen LogP) is 5.58. The quantitative estimate of drug-likeness (QED) is 0.356. The van der Waals surface area contributed by atoms with Crippen LogP contribution in [-0.4, -0.2) is 28.5 Å². The van der Waals surface area contributed by atoms with Crippen molar-refractivity contribution in [2.75, 3.05) is 9.80 Å². The Balaban J connectivity index is 1.75. The van der Waals surface area contributed by atoms with E-state index >= 15 is 0 Å². The summed E-state index contributed by atoms with van der Waals surface area (Å²) in [6.07, 6.45) is 3.47. The molecule has 0 spiro atoms. The van der Waals surface area contributed by atoms with Gasteiger partial charge >= 0.3 is 0 Å². The lowest BCUT2D eigenvalue weighted by atomic mass is 9.78. The van der Waals surface area contributed by atoms with Crippen LogP contribution >= 0.6 is 12.2 Å². The highest BCUT2D eigenvalue weighted by molar-refractivity contribution is 7.80. The van der Waals surface area contributed by atoms with Crippen LogP contribution in [0.25, 0.3) is 6.08 Å². The molecule has 2 aliphatic rings. The van der Waals surface area contributed by atoms with E-state index in [0.717, 1.165) is 24.0 Å². The maximum atomic E-state index is 13.5. The lowest BCUT2D eigenvalue weighted by Crippen LogP contribution is -2.54. The van der Waals surface area contributed by atoms with Crippen LogP contribution in [0.1, 0.15) is 70.6 Å². The molecule has 0 unspecified atom stereocenters. The molecule has 34 heavy (non-hydrogen) atoms. The van der Waals surface area contributed by atoms with E-state index < -0.39 is 11.8 Å². The van der Waals surface area contributed by atoms with Gasteiger partial charge in [0.2, 0.25) is 0 Å². The lowest BCUT2D eigenvalue weighted by molar-refractivity contribution is -0.122. The van der Waals surface area contributed by atoms with Crippen LogP contribution in [0.15, 0.2) is 48.0 Å². The Morgan fingerprint density at radius 1 is 1.15 bits per heavy atom. The summed E-state index contributed by atoms with van der Waals surface area (Å²) in [5.74, 6) is -0.490. The fourth-order valence-electron chi connectivity index (χ4n) is 5.61. The number of amides is 2. The fraction of sp³-hybridized carbons (Fsp3) is 0.393. The molecule has 1 saturated heterocycles. The molecule has 0 bridgehead atoms. The van der Waals surface area contributed by atoms with Crippen LogP contribution in [0.3, 0.4) is 0 Å². The molecule has 1 fully saturated rings. The molecule has 178 valence electrons. The first-order chi connectivity index (χ1) is 16.0. The van der Waals surface area contributed by atoms with E-state index in [4.69, 9.17) is 12.2 Å². The first kappa shape index (κ1) is 24.1. The maximum Gasteiger partial charge on any atom is 0.270 e. The minimum atomic E-state index is -0.462. The van der Waals surface area contributed by atoms with Gasteiger partial charge in [0, 0.05) is 17.3 Å². The van der Waals surface area contributed by atoms with E-state index in [9.17, 15) is 9.59 Å². The van der Waals surface area contributed by atoms with Gasteiger partial charge in [0.05, 0.1) is 5.69 Å². The Hall–Kier alpha value is -2.99. The van der Waals surface area contributed by atoms with Gasteiger partial charge in [-0.25, -0.2) is 0 Å². The van der Waals surface area contributed by atoms with E-state index in [2.05, 4.69) is 57.0 Å². The molecule has 5 nitrogen and oxygen atoms in total. The SMILES string of the molecule is CCc1ccccc1N1C(=O)/C(=C/c2ccc3c(c2)[C@H](C)CC(C)(C)N3C(C)C)C(=O)NC1=S. The highest BCUT2D eigenvalue weighted by atomic mass is 32.1. The van der Waals surface area contributed by atoms with Crippen molar-refractivity contribution in [2.24, 2.45) is 0 Å². The summed E-state index contributed by atoms with van der Waals surface area (Å²) < 4.78 is 0. The Kier molecular flexibility index (Phi) is 6.38. The number of hydrogen-bond acceptors (Lipinski definition) is 4. The molecule has 2 amide bonds. The fourth-order valence-corrected chi connectivity index (χ4v) is 5.88. The number of aryl methyl sites for hydroxylation is 1. The van der Waals surface area contributed by atoms with Crippen LogP contribution < -0.4 is 15.1 Å². The van der Waals surface area contributed by atoms with Crippen LogP contribution in [0.5, 0.6) is 0 Å². The van der Waals surface area contributed by atoms with Crippen molar-refractivity contribution >= 4 is 46.6 Å². The van der Waals surface area contributed by atoms with E-state index in [1.165, 1.54) is 16.2 Å². The van der Waals surface area contributed by atoms with Crippen molar-refractivity contribution in [3.63, 3.8) is 0 Å². The Bertz CT molecular complexity index is 1200. The Morgan fingerprint density at radius 2 is 1.85 bits per heavy atom. The summed E-state index contributed by atoms with van der Waals surface area (Å²) in [4.78, 5) is 30.2. The second kappa shape index (κ2) is 8.99. The van der Waals surface area contributed by atoms with Gasteiger partial charge in [0.1, 0.15) is 5.57 Å². The molecule has 6 heteroatoms. The van der Waals surface area contributed by atoms with Crippen molar-refractivity contribution in [2.45, 2.75) is 71.9 Å². The first-order valence-electron chi connectivity index (χ1n) is 12.0. The normalized spacial score (nSPS) is 21.2. The van der Waals surface area contributed by atoms with Crippen LogP contribution in [0.2, 0.25) is 0 Å². The molecule has 0 saturated carbocycles.